The van der Waals surface area contributed by atoms with Crippen LogP contribution in [0.1, 0.15) is 27.2 Å². The first-order chi connectivity index (χ1) is 9.74. The number of rotatable bonds is 4. The van der Waals surface area contributed by atoms with E-state index in [1.165, 1.54) is 0 Å². The van der Waals surface area contributed by atoms with Gasteiger partial charge in [-0.05, 0) is 30.0 Å². The van der Waals surface area contributed by atoms with E-state index in [1.54, 1.807) is 18.2 Å². The van der Waals surface area contributed by atoms with E-state index in [0.29, 0.717) is 35.5 Å². The highest BCUT2D eigenvalue weighted by Crippen LogP contribution is 2.20. The van der Waals surface area contributed by atoms with Crippen LogP contribution in [-0.2, 0) is 0 Å². The summed E-state index contributed by atoms with van der Waals surface area (Å²) >= 11 is 0. The summed E-state index contributed by atoms with van der Waals surface area (Å²) in [6.07, 6.45) is 0.159. The molecule has 114 valence electrons. The number of nitrogens with two attached hydrogens (primary N) is 1. The lowest BCUT2D eigenvalue weighted by atomic mass is 9.89. The van der Waals surface area contributed by atoms with Crippen molar-refractivity contribution in [3.05, 3.63) is 28.6 Å². The molecule has 1 aromatic heterocycles. The number of aromatic nitrogens is 2. The highest BCUT2D eigenvalue weighted by Gasteiger charge is 2.16. The molecule has 6 heteroatoms. The van der Waals surface area contributed by atoms with Crippen molar-refractivity contribution in [3.63, 3.8) is 0 Å². The maximum absolute atomic E-state index is 12.0. The normalized spacial score (nSPS) is 13.3. The molecule has 2 rings (SSSR count). The van der Waals surface area contributed by atoms with Crippen molar-refractivity contribution >= 4 is 22.5 Å². The first-order valence-corrected chi connectivity index (χ1v) is 6.96. The number of H-pyrrole nitrogens is 1. The maximum Gasteiger partial charge on any atom is 0.260 e. The summed E-state index contributed by atoms with van der Waals surface area (Å²) in [5, 5.41) is 13.4. The van der Waals surface area contributed by atoms with Gasteiger partial charge in [-0.25, -0.2) is 4.98 Å². The van der Waals surface area contributed by atoms with Crippen molar-refractivity contribution in [2.75, 3.05) is 17.6 Å². The first-order valence-electron chi connectivity index (χ1n) is 6.96. The summed E-state index contributed by atoms with van der Waals surface area (Å²) in [7, 11) is 0. The summed E-state index contributed by atoms with van der Waals surface area (Å²) in [6, 6.07) is 5.00. The Balaban J connectivity index is 2.13. The zero-order chi connectivity index (χ0) is 15.6. The second kappa shape index (κ2) is 5.73. The highest BCUT2D eigenvalue weighted by atomic mass is 16.3. The van der Waals surface area contributed by atoms with Gasteiger partial charge in [-0.1, -0.05) is 20.8 Å². The summed E-state index contributed by atoms with van der Waals surface area (Å²) in [5.41, 5.74) is 6.55. The van der Waals surface area contributed by atoms with Gasteiger partial charge in [0.15, 0.2) is 0 Å². The fraction of sp³-hybridized carbons (Fsp3) is 0.467. The molecule has 0 amide bonds. The first kappa shape index (κ1) is 15.3. The number of nitrogen functional groups attached to an aromatic ring is 1. The van der Waals surface area contributed by atoms with E-state index in [1.807, 2.05) is 0 Å². The van der Waals surface area contributed by atoms with Crippen LogP contribution in [0.5, 0.6) is 0 Å². The van der Waals surface area contributed by atoms with Crippen LogP contribution in [0.3, 0.4) is 0 Å². The smallest absolute Gasteiger partial charge is 0.260 e. The molecular formula is C15H22N4O2. The lowest BCUT2D eigenvalue weighted by molar-refractivity contribution is 0.132. The predicted molar refractivity (Wildman–Crippen MR) is 85.3 cm³/mol. The molecule has 1 aromatic carbocycles. The van der Waals surface area contributed by atoms with Gasteiger partial charge in [-0.3, -0.25) is 9.78 Å². The number of nitrogens with one attached hydrogen (secondary N) is 2. The summed E-state index contributed by atoms with van der Waals surface area (Å²) in [5.74, 6) is 0.352. The van der Waals surface area contributed by atoms with Crippen LogP contribution in [0.25, 0.3) is 10.9 Å². The highest BCUT2D eigenvalue weighted by molar-refractivity contribution is 5.81. The van der Waals surface area contributed by atoms with Gasteiger partial charge in [0.2, 0.25) is 5.95 Å². The van der Waals surface area contributed by atoms with E-state index in [0.717, 1.165) is 0 Å². The van der Waals surface area contributed by atoms with Crippen LogP contribution in [0.4, 0.5) is 11.6 Å². The Hall–Kier alpha value is -2.08. The predicted octanol–water partition coefficient (Wildman–Crippen LogP) is 1.71. The van der Waals surface area contributed by atoms with Crippen molar-refractivity contribution in [2.45, 2.75) is 33.3 Å². The second-order valence-corrected chi connectivity index (χ2v) is 6.49. The molecule has 6 nitrogen and oxygen atoms in total. The Morgan fingerprint density at radius 1 is 1.43 bits per heavy atom. The Morgan fingerprint density at radius 2 is 2.14 bits per heavy atom. The Labute approximate surface area is 123 Å². The molecule has 0 aliphatic heterocycles. The molecule has 1 heterocycles. The third-order valence-electron chi connectivity index (χ3n) is 3.08. The lowest BCUT2D eigenvalue weighted by Crippen LogP contribution is -2.26. The van der Waals surface area contributed by atoms with E-state index >= 15 is 0 Å². The van der Waals surface area contributed by atoms with Crippen molar-refractivity contribution < 1.29 is 5.11 Å². The molecular weight excluding hydrogens is 268 g/mol. The van der Waals surface area contributed by atoms with Crippen LogP contribution in [-0.4, -0.2) is 27.7 Å². The molecule has 21 heavy (non-hydrogen) atoms. The number of benzene rings is 1. The van der Waals surface area contributed by atoms with Crippen molar-refractivity contribution in [1.82, 2.24) is 9.97 Å². The SMILES string of the molecule is CC(C)(C)CC(O)CNc1nc2ccc(N)cc2c(=O)[nH]1. The molecule has 1 unspecified atom stereocenters. The van der Waals surface area contributed by atoms with Gasteiger partial charge in [0.25, 0.3) is 5.56 Å². The van der Waals surface area contributed by atoms with E-state index < -0.39 is 6.10 Å². The van der Waals surface area contributed by atoms with Crippen LogP contribution < -0.4 is 16.6 Å². The Kier molecular flexibility index (Phi) is 4.18. The number of fused-ring (bicyclic) bond motifs is 1. The largest absolute Gasteiger partial charge is 0.399 e. The number of hydrogen-bond acceptors (Lipinski definition) is 5. The summed E-state index contributed by atoms with van der Waals surface area (Å²) in [6.45, 7) is 6.53. The van der Waals surface area contributed by atoms with Crippen LogP contribution >= 0.6 is 0 Å². The summed E-state index contributed by atoms with van der Waals surface area (Å²) < 4.78 is 0. The molecule has 0 aliphatic carbocycles. The third kappa shape index (κ3) is 4.19. The second-order valence-electron chi connectivity index (χ2n) is 6.49. The van der Waals surface area contributed by atoms with E-state index in [9.17, 15) is 9.90 Å². The van der Waals surface area contributed by atoms with Gasteiger partial charge < -0.3 is 16.2 Å². The number of hydrogen-bond donors (Lipinski definition) is 4. The minimum Gasteiger partial charge on any atom is -0.399 e. The molecule has 1 atom stereocenters. The third-order valence-corrected chi connectivity index (χ3v) is 3.08. The minimum atomic E-state index is -0.502. The number of anilines is 2. The average molecular weight is 290 g/mol. The minimum absolute atomic E-state index is 0.0445. The van der Waals surface area contributed by atoms with Crippen LogP contribution in [0, 0.1) is 5.41 Å². The molecule has 0 fully saturated rings. The number of aliphatic hydroxyl groups excluding tert-OH is 1. The van der Waals surface area contributed by atoms with E-state index in [-0.39, 0.29) is 11.0 Å². The molecule has 0 bridgehead atoms. The molecule has 0 saturated heterocycles. The van der Waals surface area contributed by atoms with Gasteiger partial charge in [0.05, 0.1) is 17.0 Å². The quantitative estimate of drug-likeness (QED) is 0.642. The fourth-order valence-corrected chi connectivity index (χ4v) is 2.23. The Morgan fingerprint density at radius 3 is 2.81 bits per heavy atom. The van der Waals surface area contributed by atoms with Crippen LogP contribution in [0.15, 0.2) is 23.0 Å². The monoisotopic (exact) mass is 290 g/mol. The Bertz CT molecular complexity index is 688. The standard InChI is InChI=1S/C15H22N4O2/c1-15(2,3)7-10(20)8-17-14-18-12-5-4-9(16)6-11(12)13(21)19-14/h4-6,10,20H,7-8,16H2,1-3H3,(H2,17,18,19,21). The van der Waals surface area contributed by atoms with E-state index in [2.05, 4.69) is 36.1 Å². The fourth-order valence-electron chi connectivity index (χ4n) is 2.23. The lowest BCUT2D eigenvalue weighted by Gasteiger charge is -2.22. The maximum atomic E-state index is 12.0. The molecule has 0 radical (unpaired) electrons. The van der Waals surface area contributed by atoms with E-state index in [4.69, 9.17) is 5.73 Å². The van der Waals surface area contributed by atoms with Gasteiger partial charge in [-0.15, -0.1) is 0 Å². The molecule has 0 aliphatic rings. The number of aromatic amines is 1. The molecule has 0 spiro atoms. The molecule has 0 saturated carbocycles. The number of nitrogens with zero attached hydrogens (tertiary/aromatic N) is 1. The van der Waals surface area contributed by atoms with Gasteiger partial charge in [0, 0.05) is 12.2 Å². The van der Waals surface area contributed by atoms with Crippen LogP contribution in [0.2, 0.25) is 0 Å². The topological polar surface area (TPSA) is 104 Å². The van der Waals surface area contributed by atoms with Crippen molar-refractivity contribution in [1.29, 1.82) is 0 Å². The average Bonchev–Trinajstić information content (AvgIpc) is 2.35. The molecule has 5 N–H and O–H groups in total. The molecule has 2 aromatic rings. The number of aliphatic hydroxyl groups is 1. The van der Waals surface area contributed by atoms with Crippen molar-refractivity contribution in [3.8, 4) is 0 Å². The zero-order valence-corrected chi connectivity index (χ0v) is 12.6. The van der Waals surface area contributed by atoms with Gasteiger partial charge in [-0.2, -0.15) is 0 Å². The zero-order valence-electron chi connectivity index (χ0n) is 12.6. The van der Waals surface area contributed by atoms with Gasteiger partial charge >= 0.3 is 0 Å². The summed E-state index contributed by atoms with van der Waals surface area (Å²) in [4.78, 5) is 18.9. The van der Waals surface area contributed by atoms with Gasteiger partial charge in [0.1, 0.15) is 0 Å². The van der Waals surface area contributed by atoms with Crippen molar-refractivity contribution in [2.24, 2.45) is 5.41 Å².